The monoisotopic (exact) mass is 255 g/mol. The number of rotatable bonds is 2. The van der Waals surface area contributed by atoms with Crippen LogP contribution in [0.3, 0.4) is 0 Å². The first kappa shape index (κ1) is 9.33. The van der Waals surface area contributed by atoms with Gasteiger partial charge in [-0.3, -0.25) is 0 Å². The molecule has 0 bridgehead atoms. The summed E-state index contributed by atoms with van der Waals surface area (Å²) >= 11 is 3.10. The minimum absolute atomic E-state index is 0.261. The molecule has 0 atom stereocenters. The zero-order chi connectivity index (χ0) is 9.97. The topological polar surface area (TPSA) is 30.7 Å². The molecule has 0 radical (unpaired) electrons. The summed E-state index contributed by atoms with van der Waals surface area (Å²) in [6.07, 6.45) is 3.33. The van der Waals surface area contributed by atoms with E-state index in [9.17, 15) is 4.39 Å². The van der Waals surface area contributed by atoms with Crippen LogP contribution < -0.4 is 0 Å². The number of aromatic nitrogens is 3. The third kappa shape index (κ3) is 1.98. The summed E-state index contributed by atoms with van der Waals surface area (Å²) in [6, 6.07) is 5.00. The van der Waals surface area contributed by atoms with Gasteiger partial charge in [-0.15, -0.1) is 5.10 Å². The van der Waals surface area contributed by atoms with Gasteiger partial charge in [-0.25, -0.2) is 9.07 Å². The van der Waals surface area contributed by atoms with Crippen molar-refractivity contribution >= 4 is 15.9 Å². The van der Waals surface area contributed by atoms with Gasteiger partial charge < -0.3 is 0 Å². The highest BCUT2D eigenvalue weighted by molar-refractivity contribution is 9.10. The number of halogens is 2. The molecule has 1 heterocycles. The third-order valence-corrected chi connectivity index (χ3v) is 2.44. The maximum absolute atomic E-state index is 13.1. The van der Waals surface area contributed by atoms with Crippen LogP contribution in [0.1, 0.15) is 5.56 Å². The summed E-state index contributed by atoms with van der Waals surface area (Å²) < 4.78 is 15.2. The molecule has 0 aliphatic carbocycles. The van der Waals surface area contributed by atoms with Gasteiger partial charge in [-0.2, -0.15) is 0 Å². The Morgan fingerprint density at radius 3 is 2.93 bits per heavy atom. The second-order valence-electron chi connectivity index (χ2n) is 2.85. The molecule has 14 heavy (non-hydrogen) atoms. The minimum Gasteiger partial charge on any atom is -0.248 e. The zero-order valence-electron chi connectivity index (χ0n) is 7.19. The van der Waals surface area contributed by atoms with E-state index in [4.69, 9.17) is 0 Å². The molecular weight excluding hydrogens is 249 g/mol. The van der Waals surface area contributed by atoms with E-state index in [0.29, 0.717) is 11.0 Å². The van der Waals surface area contributed by atoms with Crippen LogP contribution in [0.2, 0.25) is 0 Å². The Morgan fingerprint density at radius 2 is 2.29 bits per heavy atom. The third-order valence-electron chi connectivity index (χ3n) is 1.80. The first-order valence-electron chi connectivity index (χ1n) is 4.04. The van der Waals surface area contributed by atoms with Gasteiger partial charge in [0.15, 0.2) is 0 Å². The summed E-state index contributed by atoms with van der Waals surface area (Å²) in [7, 11) is 0. The number of hydrogen-bond donors (Lipinski definition) is 0. The molecule has 72 valence electrons. The number of nitrogens with zero attached hydrogens (tertiary/aromatic N) is 3. The SMILES string of the molecule is Fc1cc(Cn2ccnn2)ccc1Br. The normalized spacial score (nSPS) is 10.4. The van der Waals surface area contributed by atoms with E-state index < -0.39 is 0 Å². The highest BCUT2D eigenvalue weighted by Crippen LogP contribution is 2.16. The lowest BCUT2D eigenvalue weighted by Gasteiger charge is -2.01. The molecule has 0 saturated carbocycles. The average Bonchev–Trinajstić information content (AvgIpc) is 2.64. The Labute approximate surface area is 88.7 Å². The molecule has 1 aromatic heterocycles. The van der Waals surface area contributed by atoms with E-state index in [1.54, 1.807) is 23.1 Å². The Hall–Kier alpha value is -1.23. The van der Waals surface area contributed by atoms with E-state index in [2.05, 4.69) is 26.2 Å². The van der Waals surface area contributed by atoms with E-state index in [-0.39, 0.29) is 5.82 Å². The van der Waals surface area contributed by atoms with E-state index in [1.165, 1.54) is 6.07 Å². The summed E-state index contributed by atoms with van der Waals surface area (Å²) in [5, 5.41) is 7.46. The molecule has 0 N–H and O–H groups in total. The highest BCUT2D eigenvalue weighted by atomic mass is 79.9. The van der Waals surface area contributed by atoms with Crippen molar-refractivity contribution < 1.29 is 4.39 Å². The Bertz CT molecular complexity index is 428. The average molecular weight is 256 g/mol. The van der Waals surface area contributed by atoms with Gasteiger partial charge in [0, 0.05) is 6.20 Å². The maximum Gasteiger partial charge on any atom is 0.137 e. The summed E-state index contributed by atoms with van der Waals surface area (Å²) in [4.78, 5) is 0. The quantitative estimate of drug-likeness (QED) is 0.824. The molecule has 0 amide bonds. The second kappa shape index (κ2) is 3.88. The van der Waals surface area contributed by atoms with Gasteiger partial charge >= 0.3 is 0 Å². The van der Waals surface area contributed by atoms with Crippen LogP contribution in [0.25, 0.3) is 0 Å². The fourth-order valence-corrected chi connectivity index (χ4v) is 1.39. The first-order valence-corrected chi connectivity index (χ1v) is 4.83. The Morgan fingerprint density at radius 1 is 1.43 bits per heavy atom. The Balaban J connectivity index is 2.22. The lowest BCUT2D eigenvalue weighted by atomic mass is 10.2. The zero-order valence-corrected chi connectivity index (χ0v) is 8.78. The first-order chi connectivity index (χ1) is 6.75. The summed E-state index contributed by atoms with van der Waals surface area (Å²) in [6.45, 7) is 0.532. The van der Waals surface area contributed by atoms with Crippen LogP contribution in [-0.2, 0) is 6.54 Å². The lowest BCUT2D eigenvalue weighted by Crippen LogP contribution is -2.00. The second-order valence-corrected chi connectivity index (χ2v) is 3.70. The summed E-state index contributed by atoms with van der Waals surface area (Å²) in [5.41, 5.74) is 0.858. The largest absolute Gasteiger partial charge is 0.248 e. The van der Waals surface area contributed by atoms with Gasteiger partial charge in [0.05, 0.1) is 17.2 Å². The molecule has 5 heteroatoms. The van der Waals surface area contributed by atoms with Crippen LogP contribution >= 0.6 is 15.9 Å². The maximum atomic E-state index is 13.1. The van der Waals surface area contributed by atoms with Crippen molar-refractivity contribution in [1.82, 2.24) is 15.0 Å². The van der Waals surface area contributed by atoms with Crippen LogP contribution in [0, 0.1) is 5.82 Å². The molecule has 0 fully saturated rings. The predicted octanol–water partition coefficient (Wildman–Crippen LogP) is 2.23. The summed E-state index contributed by atoms with van der Waals surface area (Å²) in [5.74, 6) is -0.261. The van der Waals surface area contributed by atoms with E-state index in [0.717, 1.165) is 5.56 Å². The fraction of sp³-hybridized carbons (Fsp3) is 0.111. The van der Waals surface area contributed by atoms with Crippen LogP contribution in [0.15, 0.2) is 35.1 Å². The molecule has 2 aromatic rings. The van der Waals surface area contributed by atoms with Crippen LogP contribution in [0.4, 0.5) is 4.39 Å². The molecule has 0 aliphatic heterocycles. The van der Waals surface area contributed by atoms with Crippen LogP contribution in [0.5, 0.6) is 0 Å². The molecule has 0 saturated heterocycles. The van der Waals surface area contributed by atoms with Gasteiger partial charge in [-0.1, -0.05) is 11.3 Å². The van der Waals surface area contributed by atoms with Crippen molar-refractivity contribution in [2.24, 2.45) is 0 Å². The van der Waals surface area contributed by atoms with Crippen molar-refractivity contribution in [3.63, 3.8) is 0 Å². The number of hydrogen-bond acceptors (Lipinski definition) is 2. The van der Waals surface area contributed by atoms with Gasteiger partial charge in [-0.05, 0) is 33.6 Å². The van der Waals surface area contributed by atoms with Crippen molar-refractivity contribution in [3.05, 3.63) is 46.4 Å². The van der Waals surface area contributed by atoms with Crippen molar-refractivity contribution in [2.75, 3.05) is 0 Å². The minimum atomic E-state index is -0.261. The van der Waals surface area contributed by atoms with Gasteiger partial charge in [0.25, 0.3) is 0 Å². The molecule has 3 nitrogen and oxygen atoms in total. The van der Waals surface area contributed by atoms with Gasteiger partial charge in [0.2, 0.25) is 0 Å². The molecule has 0 aliphatic rings. The van der Waals surface area contributed by atoms with Gasteiger partial charge in [0.1, 0.15) is 5.82 Å². The van der Waals surface area contributed by atoms with Crippen molar-refractivity contribution in [3.8, 4) is 0 Å². The van der Waals surface area contributed by atoms with E-state index >= 15 is 0 Å². The van der Waals surface area contributed by atoms with Crippen molar-refractivity contribution in [1.29, 1.82) is 0 Å². The van der Waals surface area contributed by atoms with Crippen LogP contribution in [-0.4, -0.2) is 15.0 Å². The predicted molar refractivity (Wildman–Crippen MR) is 53.2 cm³/mol. The van der Waals surface area contributed by atoms with E-state index in [1.807, 2.05) is 6.07 Å². The molecular formula is C9H7BrFN3. The standard InChI is InChI=1S/C9H7BrFN3/c10-8-2-1-7(5-9(8)11)6-14-4-3-12-13-14/h1-5H,6H2. The smallest absolute Gasteiger partial charge is 0.137 e. The highest BCUT2D eigenvalue weighted by Gasteiger charge is 2.01. The molecule has 0 unspecified atom stereocenters. The molecule has 2 rings (SSSR count). The number of benzene rings is 1. The molecule has 0 spiro atoms. The molecule has 1 aromatic carbocycles. The fourth-order valence-electron chi connectivity index (χ4n) is 1.14. The Kier molecular flexibility index (Phi) is 2.58. The lowest BCUT2D eigenvalue weighted by molar-refractivity contribution is 0.609. The van der Waals surface area contributed by atoms with Crippen molar-refractivity contribution in [2.45, 2.75) is 6.54 Å².